The van der Waals surface area contributed by atoms with Crippen LogP contribution in [0.2, 0.25) is 0 Å². The van der Waals surface area contributed by atoms with Gasteiger partial charge in [0.2, 0.25) is 0 Å². The van der Waals surface area contributed by atoms with E-state index in [1.54, 1.807) is 4.87 Å². The van der Waals surface area contributed by atoms with Gasteiger partial charge in [-0.25, -0.2) is 0 Å². The molecule has 0 N–H and O–H groups in total. The summed E-state index contributed by atoms with van der Waals surface area (Å²) < 4.78 is 6.24. The molecular formula is C20H16PbS2. The zero-order valence-electron chi connectivity index (χ0n) is 12.6. The zero-order chi connectivity index (χ0) is 15.5. The summed E-state index contributed by atoms with van der Waals surface area (Å²) in [5.74, 6) is 0. The number of hydrogen-bond donors (Lipinski definition) is 0. The van der Waals surface area contributed by atoms with Gasteiger partial charge in [-0.05, 0) is 0 Å². The SMILES string of the molecule is c1cc[c]([Pb]([c]2ccccc2)([c]2cccs2)[c]2cccs2)cc1. The van der Waals surface area contributed by atoms with Gasteiger partial charge >= 0.3 is 151 Å². The minimum atomic E-state index is -3.31. The quantitative estimate of drug-likeness (QED) is 0.358. The summed E-state index contributed by atoms with van der Waals surface area (Å²) in [6, 6.07) is 31.5. The van der Waals surface area contributed by atoms with Gasteiger partial charge in [0.05, 0.1) is 0 Å². The Morgan fingerprint density at radius 3 is 1.26 bits per heavy atom. The van der Waals surface area contributed by atoms with Crippen LogP contribution in [0.15, 0.2) is 95.7 Å². The maximum atomic E-state index is 2.35. The van der Waals surface area contributed by atoms with E-state index in [2.05, 4.69) is 95.7 Å². The van der Waals surface area contributed by atoms with Crippen LogP contribution in [0.3, 0.4) is 0 Å². The minimum absolute atomic E-state index is 1.54. The second kappa shape index (κ2) is 6.71. The van der Waals surface area contributed by atoms with E-state index in [4.69, 9.17) is 0 Å². The van der Waals surface area contributed by atoms with Gasteiger partial charge in [-0.2, -0.15) is 0 Å². The van der Waals surface area contributed by atoms with Gasteiger partial charge in [0, 0.05) is 0 Å². The number of hydrogen-bond acceptors (Lipinski definition) is 2. The fraction of sp³-hybridized carbons (Fsp3) is 0. The molecule has 0 aliphatic carbocycles. The van der Waals surface area contributed by atoms with Crippen LogP contribution in [-0.4, -0.2) is 21.2 Å². The van der Waals surface area contributed by atoms with Crippen molar-refractivity contribution in [3.8, 4) is 0 Å². The van der Waals surface area contributed by atoms with Crippen LogP contribution in [-0.2, 0) is 0 Å². The molecule has 0 bridgehead atoms. The van der Waals surface area contributed by atoms with Crippen molar-refractivity contribution >= 4 is 55.0 Å². The van der Waals surface area contributed by atoms with Gasteiger partial charge in [-0.15, -0.1) is 0 Å². The molecule has 0 amide bonds. The van der Waals surface area contributed by atoms with Gasteiger partial charge < -0.3 is 0 Å². The third kappa shape index (κ3) is 2.63. The van der Waals surface area contributed by atoms with Crippen molar-refractivity contribution in [1.82, 2.24) is 0 Å². The molecule has 0 aliphatic heterocycles. The first-order valence-electron chi connectivity index (χ1n) is 7.61. The van der Waals surface area contributed by atoms with E-state index in [9.17, 15) is 0 Å². The van der Waals surface area contributed by atoms with Gasteiger partial charge in [-0.1, -0.05) is 0 Å². The zero-order valence-corrected chi connectivity index (χ0v) is 18.1. The molecule has 0 saturated heterocycles. The van der Waals surface area contributed by atoms with Gasteiger partial charge in [0.15, 0.2) is 0 Å². The molecule has 2 heterocycles. The third-order valence-corrected chi connectivity index (χ3v) is 30.1. The van der Waals surface area contributed by atoms with Gasteiger partial charge in [-0.3, -0.25) is 0 Å². The monoisotopic (exact) mass is 528 g/mol. The Morgan fingerprint density at radius 1 is 0.478 bits per heavy atom. The second-order valence-corrected chi connectivity index (χ2v) is 24.7. The average molecular weight is 528 g/mol. The van der Waals surface area contributed by atoms with E-state index in [1.165, 1.54) is 6.25 Å². The molecule has 112 valence electrons. The summed E-state index contributed by atoms with van der Waals surface area (Å²) >= 11 is 0.532. The standard InChI is InChI=1S/2C6H5.2C4H3S.Pb/c2*1-2-4-6-5-3-1;2*1-2-4-5-3-1;/h2*1-5H;2*1-3H;. The van der Waals surface area contributed by atoms with Gasteiger partial charge in [0.1, 0.15) is 0 Å². The van der Waals surface area contributed by atoms with Crippen molar-refractivity contribution in [2.24, 2.45) is 0 Å². The molecule has 4 aromatic rings. The van der Waals surface area contributed by atoms with Crippen LogP contribution < -0.4 is 11.1 Å². The van der Waals surface area contributed by atoms with Crippen LogP contribution in [0.4, 0.5) is 0 Å². The molecule has 0 spiro atoms. The average Bonchev–Trinajstić information content (AvgIpc) is 3.32. The molecule has 2 aromatic heterocycles. The Hall–Kier alpha value is -1.24. The molecule has 0 aliphatic rings. The molecule has 23 heavy (non-hydrogen) atoms. The van der Waals surface area contributed by atoms with Crippen molar-refractivity contribution in [2.75, 3.05) is 0 Å². The van der Waals surface area contributed by atoms with Crippen LogP contribution in [0, 0.1) is 0 Å². The van der Waals surface area contributed by atoms with E-state index in [0.29, 0.717) is 0 Å². The van der Waals surface area contributed by atoms with Crippen molar-refractivity contribution in [3.05, 3.63) is 95.7 Å². The molecule has 4 rings (SSSR count). The van der Waals surface area contributed by atoms with E-state index >= 15 is 0 Å². The maximum absolute atomic E-state index is 3.31. The summed E-state index contributed by atoms with van der Waals surface area (Å²) in [5, 5.41) is 4.45. The third-order valence-electron chi connectivity index (χ3n) is 4.20. The second-order valence-electron chi connectivity index (χ2n) is 5.44. The molecule has 0 nitrogen and oxygen atoms in total. The van der Waals surface area contributed by atoms with E-state index < -0.39 is 21.2 Å². The summed E-state index contributed by atoms with van der Waals surface area (Å²) in [5.41, 5.74) is 0. The first-order valence-corrected chi connectivity index (χ1v) is 17.1. The van der Waals surface area contributed by atoms with Crippen LogP contribution in [0.1, 0.15) is 0 Å². The van der Waals surface area contributed by atoms with Crippen LogP contribution in [0.25, 0.3) is 0 Å². The van der Waals surface area contributed by atoms with E-state index in [-0.39, 0.29) is 0 Å². The Morgan fingerprint density at radius 2 is 0.913 bits per heavy atom. The number of benzene rings is 2. The Labute approximate surface area is 149 Å². The molecule has 0 radical (unpaired) electrons. The van der Waals surface area contributed by atoms with Crippen molar-refractivity contribution < 1.29 is 0 Å². The predicted octanol–water partition coefficient (Wildman–Crippen LogP) is 3.19. The summed E-state index contributed by atoms with van der Waals surface area (Å²) in [6.45, 7) is 0. The van der Waals surface area contributed by atoms with E-state index in [1.807, 2.05) is 22.7 Å². The Bertz CT molecular complexity index is 775. The fourth-order valence-electron chi connectivity index (χ4n) is 3.22. The molecule has 0 unspecified atom stereocenters. The molecule has 0 saturated carbocycles. The molecule has 2 aromatic carbocycles. The number of rotatable bonds is 4. The summed E-state index contributed by atoms with van der Waals surface area (Å²) in [6.07, 6.45) is 0. The predicted molar refractivity (Wildman–Crippen MR) is 106 cm³/mol. The first kappa shape index (κ1) is 15.3. The number of thiophene rings is 2. The fourth-order valence-corrected chi connectivity index (χ4v) is 31.6. The molecular weight excluding hydrogens is 512 g/mol. The summed E-state index contributed by atoms with van der Waals surface area (Å²) in [7, 11) is 0. The Balaban J connectivity index is 2.11. The van der Waals surface area contributed by atoms with Crippen molar-refractivity contribution in [2.45, 2.75) is 0 Å². The van der Waals surface area contributed by atoms with Crippen LogP contribution in [0.5, 0.6) is 0 Å². The first-order chi connectivity index (χ1) is 11.4. The topological polar surface area (TPSA) is 0 Å². The van der Waals surface area contributed by atoms with Crippen molar-refractivity contribution in [1.29, 1.82) is 0 Å². The molecule has 0 fully saturated rings. The molecule has 3 heteroatoms. The van der Waals surface area contributed by atoms with Crippen molar-refractivity contribution in [3.63, 3.8) is 0 Å². The summed E-state index contributed by atoms with van der Waals surface area (Å²) in [4.78, 5) is 0. The Kier molecular flexibility index (Phi) is 4.46. The molecule has 0 atom stereocenters. The van der Waals surface area contributed by atoms with Crippen LogP contribution >= 0.6 is 22.7 Å². The normalized spacial score (nSPS) is 11.5. The van der Waals surface area contributed by atoms with Gasteiger partial charge in [0.25, 0.3) is 0 Å². The van der Waals surface area contributed by atoms with E-state index in [0.717, 1.165) is 0 Å².